The van der Waals surface area contributed by atoms with Gasteiger partial charge in [-0.3, -0.25) is 10.1 Å². The molecule has 1 fully saturated rings. The first-order valence-corrected chi connectivity index (χ1v) is 6.14. The van der Waals surface area contributed by atoms with Crippen molar-refractivity contribution in [3.8, 4) is 0 Å². The molecule has 0 amide bonds. The lowest BCUT2D eigenvalue weighted by molar-refractivity contribution is -0.385. The zero-order chi connectivity index (χ0) is 13.8. The highest BCUT2D eigenvalue weighted by atomic mass is 35.5. The first-order valence-electron chi connectivity index (χ1n) is 5.76. The monoisotopic (exact) mass is 285 g/mol. The second kappa shape index (κ2) is 5.99. The molecule has 1 aromatic rings. The number of nitro benzene ring substituents is 1. The summed E-state index contributed by atoms with van der Waals surface area (Å²) in [4.78, 5) is 22.1. The van der Waals surface area contributed by atoms with Crippen LogP contribution in [0.1, 0.15) is 16.8 Å². The van der Waals surface area contributed by atoms with E-state index in [1.807, 2.05) is 0 Å². The Balaban J connectivity index is 2.08. The summed E-state index contributed by atoms with van der Waals surface area (Å²) in [6.07, 6.45) is 0.824. The number of carbonyl (C=O) groups excluding carboxylic acids is 1. The molecule has 1 aromatic carbocycles. The van der Waals surface area contributed by atoms with E-state index in [1.165, 1.54) is 18.2 Å². The average molecular weight is 286 g/mol. The Hall–Kier alpha value is -1.66. The smallest absolute Gasteiger partial charge is 0.345 e. The van der Waals surface area contributed by atoms with Gasteiger partial charge in [0.05, 0.1) is 18.1 Å². The molecular formula is C12H12ClNO5. The van der Waals surface area contributed by atoms with Crippen LogP contribution in [0.5, 0.6) is 0 Å². The number of hydrogen-bond donors (Lipinski definition) is 0. The van der Waals surface area contributed by atoms with E-state index in [0.29, 0.717) is 13.2 Å². The molecule has 1 heterocycles. The Morgan fingerprint density at radius 1 is 1.58 bits per heavy atom. The highest BCUT2D eigenvalue weighted by Gasteiger charge is 2.24. The van der Waals surface area contributed by atoms with Crippen LogP contribution in [-0.4, -0.2) is 30.7 Å². The van der Waals surface area contributed by atoms with E-state index in [1.54, 1.807) is 0 Å². The van der Waals surface area contributed by atoms with Crippen molar-refractivity contribution in [2.45, 2.75) is 6.42 Å². The predicted molar refractivity (Wildman–Crippen MR) is 67.3 cm³/mol. The number of nitro groups is 1. The molecule has 0 N–H and O–H groups in total. The molecule has 6 nitrogen and oxygen atoms in total. The lowest BCUT2D eigenvalue weighted by Crippen LogP contribution is -2.15. The van der Waals surface area contributed by atoms with E-state index >= 15 is 0 Å². The Morgan fingerprint density at radius 2 is 2.37 bits per heavy atom. The first kappa shape index (κ1) is 13.8. The quantitative estimate of drug-likeness (QED) is 0.482. The second-order valence-electron chi connectivity index (χ2n) is 4.25. The highest BCUT2D eigenvalue weighted by molar-refractivity contribution is 6.31. The van der Waals surface area contributed by atoms with Crippen LogP contribution in [0.4, 0.5) is 5.69 Å². The molecule has 7 heteroatoms. The Labute approximate surface area is 114 Å². The van der Waals surface area contributed by atoms with Crippen LogP contribution in [0.3, 0.4) is 0 Å². The van der Waals surface area contributed by atoms with Gasteiger partial charge in [-0.15, -0.1) is 0 Å². The maximum absolute atomic E-state index is 11.9. The molecular weight excluding hydrogens is 274 g/mol. The summed E-state index contributed by atoms with van der Waals surface area (Å²) in [6.45, 7) is 1.40. The Kier molecular flexibility index (Phi) is 4.34. The number of rotatable bonds is 4. The van der Waals surface area contributed by atoms with Crippen molar-refractivity contribution in [2.24, 2.45) is 5.92 Å². The number of halogens is 1. The van der Waals surface area contributed by atoms with Crippen molar-refractivity contribution < 1.29 is 19.2 Å². The molecule has 0 radical (unpaired) electrons. The summed E-state index contributed by atoms with van der Waals surface area (Å²) < 4.78 is 10.2. The third kappa shape index (κ3) is 3.42. The molecule has 1 unspecified atom stereocenters. The third-order valence-corrected chi connectivity index (χ3v) is 3.08. The molecule has 1 saturated heterocycles. The summed E-state index contributed by atoms with van der Waals surface area (Å²) >= 11 is 5.74. The van der Waals surface area contributed by atoms with Crippen LogP contribution >= 0.6 is 11.6 Å². The van der Waals surface area contributed by atoms with Crippen LogP contribution in [0.2, 0.25) is 5.02 Å². The van der Waals surface area contributed by atoms with Crippen LogP contribution < -0.4 is 0 Å². The van der Waals surface area contributed by atoms with E-state index in [9.17, 15) is 14.9 Å². The van der Waals surface area contributed by atoms with Gasteiger partial charge in [-0.05, 0) is 18.6 Å². The predicted octanol–water partition coefficient (Wildman–Crippen LogP) is 2.44. The highest BCUT2D eigenvalue weighted by Crippen LogP contribution is 2.24. The third-order valence-electron chi connectivity index (χ3n) is 2.85. The fourth-order valence-corrected chi connectivity index (χ4v) is 1.99. The zero-order valence-corrected chi connectivity index (χ0v) is 10.8. The number of benzene rings is 1. The number of carbonyl (C=O) groups is 1. The van der Waals surface area contributed by atoms with Gasteiger partial charge in [0.15, 0.2) is 0 Å². The number of esters is 1. The fraction of sp³-hybridized carbons (Fsp3) is 0.417. The lowest BCUT2D eigenvalue weighted by Gasteiger charge is -2.09. The fourth-order valence-electron chi connectivity index (χ4n) is 1.82. The largest absolute Gasteiger partial charge is 0.462 e. The van der Waals surface area contributed by atoms with Crippen molar-refractivity contribution in [3.05, 3.63) is 38.9 Å². The van der Waals surface area contributed by atoms with Gasteiger partial charge in [0.25, 0.3) is 5.69 Å². The van der Waals surface area contributed by atoms with E-state index < -0.39 is 10.9 Å². The van der Waals surface area contributed by atoms with Crippen LogP contribution in [0.25, 0.3) is 0 Å². The minimum atomic E-state index is -0.735. The molecule has 19 heavy (non-hydrogen) atoms. The van der Waals surface area contributed by atoms with E-state index in [4.69, 9.17) is 21.1 Å². The van der Waals surface area contributed by atoms with Gasteiger partial charge in [0, 0.05) is 23.6 Å². The normalized spacial score (nSPS) is 18.3. The first-order chi connectivity index (χ1) is 9.08. The van der Waals surface area contributed by atoms with Gasteiger partial charge in [-0.25, -0.2) is 4.79 Å². The van der Waals surface area contributed by atoms with Gasteiger partial charge in [-0.1, -0.05) is 11.6 Å². The molecule has 1 aliphatic rings. The van der Waals surface area contributed by atoms with Crippen molar-refractivity contribution in [3.63, 3.8) is 0 Å². The minimum Gasteiger partial charge on any atom is -0.462 e. The summed E-state index contributed by atoms with van der Waals surface area (Å²) in [7, 11) is 0. The lowest BCUT2D eigenvalue weighted by atomic mass is 10.1. The maximum atomic E-state index is 11.9. The number of hydrogen-bond acceptors (Lipinski definition) is 5. The summed E-state index contributed by atoms with van der Waals surface area (Å²) in [5.74, 6) is -0.580. The van der Waals surface area contributed by atoms with E-state index in [-0.39, 0.29) is 28.8 Å². The van der Waals surface area contributed by atoms with Gasteiger partial charge in [0.2, 0.25) is 0 Å². The molecule has 1 aliphatic heterocycles. The second-order valence-corrected chi connectivity index (χ2v) is 4.68. The standard InChI is InChI=1S/C12H12ClNO5/c13-9-1-2-11(14(16)17)10(5-9)12(15)19-7-8-3-4-18-6-8/h1-2,5,8H,3-4,6-7H2. The average Bonchev–Trinajstić information content (AvgIpc) is 2.88. The number of ether oxygens (including phenoxy) is 2. The topological polar surface area (TPSA) is 78.7 Å². The molecule has 2 rings (SSSR count). The van der Waals surface area contributed by atoms with Crippen LogP contribution in [0.15, 0.2) is 18.2 Å². The van der Waals surface area contributed by atoms with Gasteiger partial charge < -0.3 is 9.47 Å². The Morgan fingerprint density at radius 3 is 3.00 bits per heavy atom. The SMILES string of the molecule is O=C(OCC1CCOC1)c1cc(Cl)ccc1[N+](=O)[O-]. The van der Waals surface area contributed by atoms with Gasteiger partial charge >= 0.3 is 5.97 Å². The van der Waals surface area contributed by atoms with Gasteiger partial charge in [0.1, 0.15) is 5.56 Å². The van der Waals surface area contributed by atoms with Crippen LogP contribution in [-0.2, 0) is 9.47 Å². The summed E-state index contributed by atoms with van der Waals surface area (Å²) in [5, 5.41) is 11.1. The van der Waals surface area contributed by atoms with Crippen molar-refractivity contribution in [1.29, 1.82) is 0 Å². The Bertz CT molecular complexity index is 499. The van der Waals surface area contributed by atoms with Gasteiger partial charge in [-0.2, -0.15) is 0 Å². The van der Waals surface area contributed by atoms with E-state index in [2.05, 4.69) is 0 Å². The summed E-state index contributed by atoms with van der Waals surface area (Å²) in [6, 6.07) is 3.80. The molecule has 1 atom stereocenters. The number of nitrogens with zero attached hydrogens (tertiary/aromatic N) is 1. The molecule has 0 spiro atoms. The maximum Gasteiger partial charge on any atom is 0.345 e. The molecule has 0 aliphatic carbocycles. The molecule has 0 saturated carbocycles. The molecule has 0 bridgehead atoms. The zero-order valence-electron chi connectivity index (χ0n) is 10.0. The van der Waals surface area contributed by atoms with Crippen molar-refractivity contribution >= 4 is 23.3 Å². The minimum absolute atomic E-state index is 0.128. The van der Waals surface area contributed by atoms with Crippen molar-refractivity contribution in [1.82, 2.24) is 0 Å². The van der Waals surface area contributed by atoms with Crippen LogP contribution in [0, 0.1) is 16.0 Å². The summed E-state index contributed by atoms with van der Waals surface area (Å²) in [5.41, 5.74) is -0.437. The molecule has 102 valence electrons. The molecule has 0 aromatic heterocycles. The van der Waals surface area contributed by atoms with Crippen molar-refractivity contribution in [2.75, 3.05) is 19.8 Å². The van der Waals surface area contributed by atoms with E-state index in [0.717, 1.165) is 6.42 Å².